The van der Waals surface area contributed by atoms with Gasteiger partial charge in [-0.2, -0.15) is 0 Å². The molecule has 0 aliphatic carbocycles. The largest absolute Gasteiger partial charge is 0.332 e. The summed E-state index contributed by atoms with van der Waals surface area (Å²) in [4.78, 5) is 55.5. The molecule has 0 radical (unpaired) electrons. The molecule has 1 amide bonds. The van der Waals surface area contributed by atoms with Crippen molar-refractivity contribution in [3.05, 3.63) is 56.5 Å². The number of benzene rings is 1. The smallest absolute Gasteiger partial charge is 0.314 e. The number of fused-ring (bicyclic) bond motifs is 2. The zero-order valence-corrected chi connectivity index (χ0v) is 16.7. The molecule has 0 bridgehead atoms. The Labute approximate surface area is 165 Å². The molecule has 9 nitrogen and oxygen atoms in total. The van der Waals surface area contributed by atoms with E-state index in [0.717, 1.165) is 15.8 Å². The number of imidazole rings is 1. The molecule has 3 aromatic rings. The van der Waals surface area contributed by atoms with Crippen LogP contribution in [-0.4, -0.2) is 36.9 Å². The predicted molar refractivity (Wildman–Crippen MR) is 107 cm³/mol. The van der Waals surface area contributed by atoms with Gasteiger partial charge in [0.15, 0.2) is 16.9 Å². The summed E-state index contributed by atoms with van der Waals surface area (Å²) in [6, 6.07) is 4.61. The second kappa shape index (κ2) is 6.54. The van der Waals surface area contributed by atoms with Crippen LogP contribution in [0.4, 0.5) is 5.69 Å². The topological polar surface area (TPSA) is 99.2 Å². The van der Waals surface area contributed by atoms with E-state index in [9.17, 15) is 19.2 Å². The van der Waals surface area contributed by atoms with Gasteiger partial charge < -0.3 is 9.47 Å². The molecule has 0 saturated carbocycles. The molecule has 1 aliphatic rings. The molecule has 2 aromatic heterocycles. The highest BCUT2D eigenvalue weighted by Crippen LogP contribution is 2.30. The summed E-state index contributed by atoms with van der Waals surface area (Å²) in [7, 11) is 2.93. The second-order valence-corrected chi connectivity index (χ2v) is 7.33. The fourth-order valence-corrected chi connectivity index (χ4v) is 3.91. The number of Topliss-reactive ketones (excluding diaryl/α,β-unsaturated/α-hetero) is 1. The summed E-state index contributed by atoms with van der Waals surface area (Å²) in [6.07, 6.45) is 2.11. The summed E-state index contributed by atoms with van der Waals surface area (Å²) in [5.74, 6) is -0.202. The zero-order valence-electron chi connectivity index (χ0n) is 16.7. The van der Waals surface area contributed by atoms with Crippen LogP contribution in [0.25, 0.3) is 11.2 Å². The van der Waals surface area contributed by atoms with Gasteiger partial charge in [-0.3, -0.25) is 23.5 Å². The van der Waals surface area contributed by atoms with Gasteiger partial charge in [0.05, 0.1) is 12.4 Å². The number of aromatic nitrogens is 4. The highest BCUT2D eigenvalue weighted by atomic mass is 16.2. The number of carbonyl (C=O) groups is 2. The lowest BCUT2D eigenvalue weighted by molar-refractivity contribution is -0.116. The molecule has 0 spiro atoms. The first kappa shape index (κ1) is 18.9. The van der Waals surface area contributed by atoms with Crippen LogP contribution in [-0.2, 0) is 25.3 Å². The lowest BCUT2D eigenvalue weighted by Gasteiger charge is -2.16. The molecular weight excluding hydrogens is 374 g/mol. The maximum atomic E-state index is 13.1. The summed E-state index contributed by atoms with van der Waals surface area (Å²) in [6.45, 7) is 3.82. The van der Waals surface area contributed by atoms with Crippen LogP contribution in [0.5, 0.6) is 0 Å². The molecule has 29 heavy (non-hydrogen) atoms. The first-order valence-electron chi connectivity index (χ1n) is 9.30. The highest BCUT2D eigenvalue weighted by molar-refractivity contribution is 6.01. The number of nitrogens with zero attached hydrogens (tertiary/aromatic N) is 5. The molecule has 1 atom stereocenters. The van der Waals surface area contributed by atoms with E-state index in [1.54, 1.807) is 24.0 Å². The number of ketones is 1. The molecule has 1 aliphatic heterocycles. The molecule has 0 N–H and O–H groups in total. The molecule has 4 rings (SSSR count). The monoisotopic (exact) mass is 395 g/mol. The Morgan fingerprint density at radius 3 is 2.55 bits per heavy atom. The van der Waals surface area contributed by atoms with Gasteiger partial charge >= 0.3 is 5.69 Å². The Morgan fingerprint density at radius 2 is 1.86 bits per heavy atom. The van der Waals surface area contributed by atoms with Gasteiger partial charge in [-0.1, -0.05) is 0 Å². The number of rotatable bonds is 3. The lowest BCUT2D eigenvalue weighted by atomic mass is 10.0. The van der Waals surface area contributed by atoms with Gasteiger partial charge in [-0.15, -0.1) is 0 Å². The van der Waals surface area contributed by atoms with Crippen molar-refractivity contribution in [1.82, 2.24) is 18.7 Å². The van der Waals surface area contributed by atoms with E-state index in [1.807, 2.05) is 6.07 Å². The number of hydrogen-bond acceptors (Lipinski definition) is 5. The minimum atomic E-state index is -0.687. The summed E-state index contributed by atoms with van der Waals surface area (Å²) < 4.78 is 3.80. The zero-order chi connectivity index (χ0) is 21.0. The normalized spacial score (nSPS) is 14.3. The van der Waals surface area contributed by atoms with E-state index < -0.39 is 17.3 Å². The van der Waals surface area contributed by atoms with E-state index in [2.05, 4.69) is 4.98 Å². The Morgan fingerprint density at radius 1 is 1.14 bits per heavy atom. The van der Waals surface area contributed by atoms with Crippen LogP contribution in [0.1, 0.15) is 35.8 Å². The second-order valence-electron chi connectivity index (χ2n) is 7.33. The molecule has 1 aromatic carbocycles. The number of aryl methyl sites for hydroxylation is 1. The molecule has 150 valence electrons. The molecule has 3 heterocycles. The van der Waals surface area contributed by atoms with Crippen LogP contribution < -0.4 is 16.1 Å². The minimum Gasteiger partial charge on any atom is -0.314 e. The lowest BCUT2D eigenvalue weighted by Crippen LogP contribution is -2.38. The Balaban J connectivity index is 1.76. The Kier molecular flexibility index (Phi) is 4.25. The fraction of sp³-hybridized carbons (Fsp3) is 0.350. The van der Waals surface area contributed by atoms with Gasteiger partial charge in [0.1, 0.15) is 0 Å². The molecule has 0 saturated heterocycles. The average molecular weight is 395 g/mol. The van der Waals surface area contributed by atoms with Crippen LogP contribution in [0.15, 0.2) is 34.1 Å². The van der Waals surface area contributed by atoms with Crippen molar-refractivity contribution in [3.63, 3.8) is 0 Å². The first-order chi connectivity index (χ1) is 13.7. The number of hydrogen-bond donors (Lipinski definition) is 0. The van der Waals surface area contributed by atoms with Gasteiger partial charge in [0, 0.05) is 38.8 Å². The molecular formula is C20H21N5O4. The third-order valence-corrected chi connectivity index (χ3v) is 5.61. The van der Waals surface area contributed by atoms with Gasteiger partial charge in [0.25, 0.3) is 5.56 Å². The molecule has 9 heteroatoms. The quantitative estimate of drug-likeness (QED) is 0.611. The maximum absolute atomic E-state index is 13.1. The van der Waals surface area contributed by atoms with Crippen molar-refractivity contribution >= 4 is 28.5 Å². The van der Waals surface area contributed by atoms with E-state index >= 15 is 0 Å². The SMILES string of the molecule is CC(=O)N1CCc2cc(C(=O)C(C)n3cnc4c3c(=O)n(C)c(=O)n4C)ccc21. The van der Waals surface area contributed by atoms with Crippen LogP contribution >= 0.6 is 0 Å². The van der Waals surface area contributed by atoms with Crippen molar-refractivity contribution in [1.29, 1.82) is 0 Å². The predicted octanol–water partition coefficient (Wildman–Crippen LogP) is 0.787. The van der Waals surface area contributed by atoms with Crippen molar-refractivity contribution in [2.45, 2.75) is 26.3 Å². The van der Waals surface area contributed by atoms with Crippen LogP contribution in [0.3, 0.4) is 0 Å². The van der Waals surface area contributed by atoms with Gasteiger partial charge in [0.2, 0.25) is 5.91 Å². The molecule has 1 unspecified atom stereocenters. The standard InChI is InChI=1S/C20H21N5O4/c1-11(25-10-21-18-16(25)19(28)23(4)20(29)22(18)3)17(27)14-5-6-15-13(9-14)7-8-24(15)12(2)26/h5-6,9-11H,7-8H2,1-4H3. The summed E-state index contributed by atoms with van der Waals surface area (Å²) >= 11 is 0. The van der Waals surface area contributed by atoms with Crippen LogP contribution in [0, 0.1) is 0 Å². The Hall–Kier alpha value is -3.49. The van der Waals surface area contributed by atoms with Crippen molar-refractivity contribution in [3.8, 4) is 0 Å². The molecule has 0 fully saturated rings. The van der Waals surface area contributed by atoms with E-state index in [4.69, 9.17) is 0 Å². The summed E-state index contributed by atoms with van der Waals surface area (Å²) in [5, 5.41) is 0. The average Bonchev–Trinajstić information content (AvgIpc) is 3.33. The fourth-order valence-electron chi connectivity index (χ4n) is 3.91. The Bertz CT molecular complexity index is 1300. The third kappa shape index (κ3) is 2.72. The van der Waals surface area contributed by atoms with E-state index in [1.165, 1.54) is 36.5 Å². The van der Waals surface area contributed by atoms with E-state index in [-0.39, 0.29) is 22.9 Å². The van der Waals surface area contributed by atoms with E-state index in [0.29, 0.717) is 18.5 Å². The third-order valence-electron chi connectivity index (χ3n) is 5.61. The van der Waals surface area contributed by atoms with Gasteiger partial charge in [-0.25, -0.2) is 9.78 Å². The number of amides is 1. The van der Waals surface area contributed by atoms with Crippen LogP contribution in [0.2, 0.25) is 0 Å². The van der Waals surface area contributed by atoms with Crippen molar-refractivity contribution in [2.24, 2.45) is 14.1 Å². The van der Waals surface area contributed by atoms with Crippen molar-refractivity contribution in [2.75, 3.05) is 11.4 Å². The highest BCUT2D eigenvalue weighted by Gasteiger charge is 2.26. The maximum Gasteiger partial charge on any atom is 0.332 e. The van der Waals surface area contributed by atoms with Crippen molar-refractivity contribution < 1.29 is 9.59 Å². The minimum absolute atomic E-state index is 0.0254. The number of anilines is 1. The summed E-state index contributed by atoms with van der Waals surface area (Å²) in [5.41, 5.74) is 1.77. The number of carbonyl (C=O) groups excluding carboxylic acids is 2. The van der Waals surface area contributed by atoms with Gasteiger partial charge in [-0.05, 0) is 37.1 Å². The first-order valence-corrected chi connectivity index (χ1v) is 9.30.